The fourth-order valence-electron chi connectivity index (χ4n) is 2.72. The lowest BCUT2D eigenvalue weighted by molar-refractivity contribution is -0.116. The van der Waals surface area contributed by atoms with Gasteiger partial charge < -0.3 is 25.0 Å². The van der Waals surface area contributed by atoms with Crippen molar-refractivity contribution in [3.8, 4) is 11.5 Å². The Bertz CT molecular complexity index is 858. The van der Waals surface area contributed by atoms with Gasteiger partial charge in [-0.15, -0.1) is 0 Å². The Morgan fingerprint density at radius 2 is 1.52 bits per heavy atom. The molecule has 2 N–H and O–H groups in total. The molecule has 0 saturated carbocycles. The first kappa shape index (κ1) is 21.7. The van der Waals surface area contributed by atoms with Gasteiger partial charge in [0.2, 0.25) is 11.8 Å². The third kappa shape index (κ3) is 6.24. The maximum atomic E-state index is 12.5. The number of nitrogens with one attached hydrogen (secondary N) is 2. The number of hydrogen-bond acceptors (Lipinski definition) is 5. The van der Waals surface area contributed by atoms with E-state index in [2.05, 4.69) is 10.6 Å². The number of methoxy groups -OCH3 is 2. The van der Waals surface area contributed by atoms with E-state index in [0.29, 0.717) is 35.0 Å². The largest absolute Gasteiger partial charge is 0.497 e. The van der Waals surface area contributed by atoms with Crippen molar-refractivity contribution in [1.29, 1.82) is 0 Å². The molecule has 0 unspecified atom stereocenters. The van der Waals surface area contributed by atoms with E-state index in [-0.39, 0.29) is 24.3 Å². The van der Waals surface area contributed by atoms with Crippen molar-refractivity contribution < 1.29 is 23.9 Å². The van der Waals surface area contributed by atoms with Crippen molar-refractivity contribution in [1.82, 2.24) is 5.32 Å². The summed E-state index contributed by atoms with van der Waals surface area (Å²) in [7, 11) is 3.02. The van der Waals surface area contributed by atoms with Crippen LogP contribution < -0.4 is 25.0 Å². The lowest BCUT2D eigenvalue weighted by Gasteiger charge is -2.22. The molecule has 2 rings (SSSR count). The second kappa shape index (κ2) is 10.1. The monoisotopic (exact) mass is 399 g/mol. The summed E-state index contributed by atoms with van der Waals surface area (Å²) in [5.41, 5.74) is 1.71. The summed E-state index contributed by atoms with van der Waals surface area (Å²) in [6.45, 7) is 3.43. The molecule has 0 atom stereocenters. The number of benzene rings is 2. The fourth-order valence-corrected chi connectivity index (χ4v) is 2.72. The van der Waals surface area contributed by atoms with Crippen LogP contribution in [-0.2, 0) is 9.59 Å². The average Bonchev–Trinajstić information content (AvgIpc) is 2.70. The number of rotatable bonds is 8. The Kier molecular flexibility index (Phi) is 7.59. The predicted molar refractivity (Wildman–Crippen MR) is 111 cm³/mol. The summed E-state index contributed by atoms with van der Waals surface area (Å²) < 4.78 is 10.3. The van der Waals surface area contributed by atoms with Gasteiger partial charge in [-0.3, -0.25) is 14.4 Å². The van der Waals surface area contributed by atoms with Gasteiger partial charge in [0.25, 0.3) is 5.91 Å². The molecule has 0 bridgehead atoms. The molecular formula is C21H25N3O5. The molecule has 0 radical (unpaired) electrons. The van der Waals surface area contributed by atoms with Crippen molar-refractivity contribution in [2.75, 3.05) is 37.5 Å². The topological polar surface area (TPSA) is 97.0 Å². The highest BCUT2D eigenvalue weighted by atomic mass is 16.5. The highest BCUT2D eigenvalue weighted by Crippen LogP contribution is 2.22. The van der Waals surface area contributed by atoms with Crippen molar-refractivity contribution in [2.24, 2.45) is 0 Å². The Morgan fingerprint density at radius 1 is 0.931 bits per heavy atom. The van der Waals surface area contributed by atoms with Crippen LogP contribution in [0.4, 0.5) is 11.4 Å². The van der Waals surface area contributed by atoms with Crippen molar-refractivity contribution in [3.63, 3.8) is 0 Å². The zero-order valence-electron chi connectivity index (χ0n) is 16.9. The summed E-state index contributed by atoms with van der Waals surface area (Å²) in [6, 6.07) is 11.8. The quantitative estimate of drug-likeness (QED) is 0.711. The van der Waals surface area contributed by atoms with E-state index in [4.69, 9.17) is 9.47 Å². The van der Waals surface area contributed by atoms with Crippen LogP contribution in [-0.4, -0.2) is 45.0 Å². The van der Waals surface area contributed by atoms with Crippen LogP contribution in [0.25, 0.3) is 0 Å². The summed E-state index contributed by atoms with van der Waals surface area (Å²) in [4.78, 5) is 37.1. The average molecular weight is 399 g/mol. The van der Waals surface area contributed by atoms with Crippen LogP contribution in [0.5, 0.6) is 11.5 Å². The third-order valence-corrected chi connectivity index (χ3v) is 4.11. The van der Waals surface area contributed by atoms with Gasteiger partial charge in [-0.2, -0.15) is 0 Å². The molecule has 0 spiro atoms. The van der Waals surface area contributed by atoms with Crippen LogP contribution in [0.2, 0.25) is 0 Å². The number of nitrogens with zero attached hydrogens (tertiary/aromatic N) is 1. The molecule has 0 fully saturated rings. The zero-order valence-corrected chi connectivity index (χ0v) is 16.9. The maximum Gasteiger partial charge on any atom is 0.251 e. The van der Waals surface area contributed by atoms with Gasteiger partial charge in [0, 0.05) is 49.9 Å². The van der Waals surface area contributed by atoms with Crippen LogP contribution >= 0.6 is 0 Å². The minimum absolute atomic E-state index is 0.158. The number of carbonyl (C=O) groups excluding carboxylic acids is 3. The molecule has 0 aliphatic heterocycles. The predicted octanol–water partition coefficient (Wildman–Crippen LogP) is 2.45. The van der Waals surface area contributed by atoms with E-state index < -0.39 is 0 Å². The molecule has 29 heavy (non-hydrogen) atoms. The van der Waals surface area contributed by atoms with E-state index >= 15 is 0 Å². The number of anilines is 2. The van der Waals surface area contributed by atoms with Crippen LogP contribution in [0.15, 0.2) is 42.5 Å². The lowest BCUT2D eigenvalue weighted by atomic mass is 10.2. The Balaban J connectivity index is 2.01. The standard InChI is InChI=1S/C21H25N3O5/c1-14(25)23-17-5-7-18(8-6-17)24(15(2)26)10-9-22-21(27)16-11-19(28-3)13-20(12-16)29-4/h5-8,11-13H,9-10H2,1-4H3,(H,22,27)(H,23,25). The number of carbonyl (C=O) groups is 3. The van der Waals surface area contributed by atoms with Gasteiger partial charge in [-0.1, -0.05) is 0 Å². The fraction of sp³-hybridized carbons (Fsp3) is 0.286. The first-order valence-electron chi connectivity index (χ1n) is 9.01. The van der Waals surface area contributed by atoms with Gasteiger partial charge >= 0.3 is 0 Å². The molecule has 2 aromatic rings. The third-order valence-electron chi connectivity index (χ3n) is 4.11. The van der Waals surface area contributed by atoms with E-state index in [0.717, 1.165) is 0 Å². The zero-order chi connectivity index (χ0) is 21.4. The highest BCUT2D eigenvalue weighted by Gasteiger charge is 2.14. The molecule has 0 aliphatic rings. The molecule has 154 valence electrons. The molecule has 2 aromatic carbocycles. The van der Waals surface area contributed by atoms with Gasteiger partial charge in [-0.25, -0.2) is 0 Å². The van der Waals surface area contributed by atoms with E-state index in [9.17, 15) is 14.4 Å². The van der Waals surface area contributed by atoms with E-state index in [1.807, 2.05) is 0 Å². The summed E-state index contributed by atoms with van der Waals surface area (Å²) in [5.74, 6) is 0.401. The first-order valence-corrected chi connectivity index (χ1v) is 9.01. The van der Waals surface area contributed by atoms with E-state index in [1.165, 1.54) is 28.1 Å². The Morgan fingerprint density at radius 3 is 2.00 bits per heavy atom. The second-order valence-corrected chi connectivity index (χ2v) is 6.26. The van der Waals surface area contributed by atoms with Gasteiger partial charge in [0.15, 0.2) is 0 Å². The van der Waals surface area contributed by atoms with Crippen LogP contribution in [0.1, 0.15) is 24.2 Å². The lowest BCUT2D eigenvalue weighted by Crippen LogP contribution is -2.37. The molecule has 8 heteroatoms. The van der Waals surface area contributed by atoms with Gasteiger partial charge in [0.1, 0.15) is 11.5 Å². The summed E-state index contributed by atoms with van der Waals surface area (Å²) in [6.07, 6.45) is 0. The molecule has 0 aliphatic carbocycles. The van der Waals surface area contributed by atoms with Crippen LogP contribution in [0, 0.1) is 0 Å². The van der Waals surface area contributed by atoms with E-state index in [1.54, 1.807) is 47.4 Å². The smallest absolute Gasteiger partial charge is 0.251 e. The van der Waals surface area contributed by atoms with Crippen molar-refractivity contribution >= 4 is 29.1 Å². The number of hydrogen-bond donors (Lipinski definition) is 2. The van der Waals surface area contributed by atoms with Gasteiger partial charge in [0.05, 0.1) is 14.2 Å². The minimum Gasteiger partial charge on any atom is -0.497 e. The normalized spacial score (nSPS) is 10.1. The molecule has 0 heterocycles. The summed E-state index contributed by atoms with van der Waals surface area (Å²) in [5, 5.41) is 5.47. The molecule has 8 nitrogen and oxygen atoms in total. The minimum atomic E-state index is -0.299. The molecule has 0 saturated heterocycles. The Labute approximate surface area is 169 Å². The number of amides is 3. The summed E-state index contributed by atoms with van der Waals surface area (Å²) >= 11 is 0. The molecule has 0 aromatic heterocycles. The van der Waals surface area contributed by atoms with Crippen molar-refractivity contribution in [3.05, 3.63) is 48.0 Å². The first-order chi connectivity index (χ1) is 13.8. The highest BCUT2D eigenvalue weighted by molar-refractivity contribution is 5.95. The number of ether oxygens (including phenoxy) is 2. The van der Waals surface area contributed by atoms with Gasteiger partial charge in [-0.05, 0) is 36.4 Å². The second-order valence-electron chi connectivity index (χ2n) is 6.26. The Hall–Kier alpha value is -3.55. The van der Waals surface area contributed by atoms with Crippen LogP contribution in [0.3, 0.4) is 0 Å². The molecular weight excluding hydrogens is 374 g/mol. The maximum absolute atomic E-state index is 12.5. The molecule has 3 amide bonds. The van der Waals surface area contributed by atoms with Crippen molar-refractivity contribution in [2.45, 2.75) is 13.8 Å². The SMILES string of the molecule is COc1cc(OC)cc(C(=O)NCCN(C(C)=O)c2ccc(NC(C)=O)cc2)c1.